The Morgan fingerprint density at radius 1 is 1.10 bits per heavy atom. The zero-order valence-corrected chi connectivity index (χ0v) is 13.1. The first-order valence-corrected chi connectivity index (χ1v) is 7.72. The van der Waals surface area contributed by atoms with E-state index in [1.54, 1.807) is 19.9 Å². The van der Waals surface area contributed by atoms with Gasteiger partial charge in [0.05, 0.1) is 5.69 Å². The van der Waals surface area contributed by atoms with Gasteiger partial charge in [-0.1, -0.05) is 0 Å². The number of anilines is 2. The molecule has 112 valence electrons. The lowest BCUT2D eigenvalue weighted by Crippen LogP contribution is -2.07. The van der Waals surface area contributed by atoms with Crippen molar-refractivity contribution >= 4 is 33.4 Å². The minimum Gasteiger partial charge on any atom is -0.323 e. The fraction of sp³-hybridized carbons (Fsp3) is 0.250. The van der Waals surface area contributed by atoms with Gasteiger partial charge < -0.3 is 5.32 Å². The van der Waals surface area contributed by atoms with E-state index in [4.69, 9.17) is 11.6 Å². The molecule has 1 aromatic heterocycles. The first kappa shape index (κ1) is 15.6. The van der Waals surface area contributed by atoms with E-state index < -0.39 is 10.1 Å². The molecule has 0 amide bonds. The predicted molar refractivity (Wildman–Crippen MR) is 78.6 cm³/mol. The third-order valence-corrected chi connectivity index (χ3v) is 3.90. The van der Waals surface area contributed by atoms with Crippen molar-refractivity contribution in [2.75, 3.05) is 5.32 Å². The van der Waals surface area contributed by atoms with Gasteiger partial charge in [-0.05, 0) is 55.6 Å². The molecule has 0 saturated carbocycles. The molecule has 9 heteroatoms. The van der Waals surface area contributed by atoms with Crippen LogP contribution in [0.4, 0.5) is 11.6 Å². The Kier molecular flexibility index (Phi) is 4.13. The molecule has 2 rings (SSSR count). The van der Waals surface area contributed by atoms with Crippen LogP contribution in [0, 0.1) is 20.8 Å². The van der Waals surface area contributed by atoms with E-state index in [9.17, 15) is 13.0 Å². The Morgan fingerprint density at radius 3 is 2.29 bits per heavy atom. The number of aryl methyl sites for hydroxylation is 3. The van der Waals surface area contributed by atoms with Crippen LogP contribution in [0.1, 0.15) is 17.0 Å². The molecule has 0 aliphatic heterocycles. The van der Waals surface area contributed by atoms with Crippen LogP contribution in [0.3, 0.4) is 0 Å². The van der Waals surface area contributed by atoms with Crippen LogP contribution in [0.15, 0.2) is 17.0 Å². The van der Waals surface area contributed by atoms with Crippen LogP contribution in [-0.4, -0.2) is 27.9 Å². The molecule has 1 heterocycles. The van der Waals surface area contributed by atoms with Crippen molar-refractivity contribution in [2.45, 2.75) is 25.7 Å². The van der Waals surface area contributed by atoms with Gasteiger partial charge in [-0.3, -0.25) is 4.55 Å². The number of hydrogen-bond acceptors (Lipinski definition) is 6. The first-order valence-electron chi connectivity index (χ1n) is 5.91. The summed E-state index contributed by atoms with van der Waals surface area (Å²) < 4.78 is 32.3. The first-order chi connectivity index (χ1) is 9.66. The number of aromatic nitrogens is 3. The van der Waals surface area contributed by atoms with E-state index in [1.807, 2.05) is 6.92 Å². The molecule has 0 bridgehead atoms. The standard InChI is InChI=1S/C12H13ClN4O3S/c1-6-4-9(10(5-7(6)2)21(18,19)20)16-12-15-8(3)14-11(13)17-12/h4-5H,1-3H3,(H,18,19,20)(H,14,15,16,17). The number of hydrogen-bond donors (Lipinski definition) is 2. The normalized spacial score (nSPS) is 11.5. The van der Waals surface area contributed by atoms with Crippen LogP contribution >= 0.6 is 11.6 Å². The zero-order chi connectivity index (χ0) is 15.8. The summed E-state index contributed by atoms with van der Waals surface area (Å²) in [5.74, 6) is 0.482. The van der Waals surface area contributed by atoms with Crippen molar-refractivity contribution in [1.29, 1.82) is 0 Å². The quantitative estimate of drug-likeness (QED) is 0.833. The average Bonchev–Trinajstić information content (AvgIpc) is 2.30. The van der Waals surface area contributed by atoms with Crippen molar-refractivity contribution in [1.82, 2.24) is 15.0 Å². The molecule has 2 aromatic rings. The van der Waals surface area contributed by atoms with Crippen LogP contribution in [0.25, 0.3) is 0 Å². The number of nitrogens with zero attached hydrogens (tertiary/aromatic N) is 3. The minimum absolute atomic E-state index is 0.0118. The van der Waals surface area contributed by atoms with E-state index in [0.29, 0.717) is 5.82 Å². The summed E-state index contributed by atoms with van der Waals surface area (Å²) in [7, 11) is -4.38. The van der Waals surface area contributed by atoms with Gasteiger partial charge in [0.2, 0.25) is 11.2 Å². The van der Waals surface area contributed by atoms with Gasteiger partial charge in [0, 0.05) is 0 Å². The molecule has 7 nitrogen and oxygen atoms in total. The minimum atomic E-state index is -4.38. The van der Waals surface area contributed by atoms with Crippen molar-refractivity contribution in [2.24, 2.45) is 0 Å². The summed E-state index contributed by atoms with van der Waals surface area (Å²) in [4.78, 5) is 11.4. The highest BCUT2D eigenvalue weighted by Crippen LogP contribution is 2.27. The maximum Gasteiger partial charge on any atom is 0.296 e. The van der Waals surface area contributed by atoms with Crippen molar-refractivity contribution < 1.29 is 13.0 Å². The molecule has 0 radical (unpaired) electrons. The van der Waals surface area contributed by atoms with E-state index >= 15 is 0 Å². The summed E-state index contributed by atoms with van der Waals surface area (Å²) in [6, 6.07) is 2.97. The molecule has 2 N–H and O–H groups in total. The summed E-state index contributed by atoms with van der Waals surface area (Å²) >= 11 is 5.73. The molecule has 0 aliphatic carbocycles. The molecule has 1 aromatic carbocycles. The predicted octanol–water partition coefficient (Wildman–Crippen LogP) is 2.44. The van der Waals surface area contributed by atoms with Crippen molar-refractivity contribution in [3.8, 4) is 0 Å². The summed E-state index contributed by atoms with van der Waals surface area (Å²) in [5, 5.41) is 2.73. The third kappa shape index (κ3) is 3.66. The fourth-order valence-electron chi connectivity index (χ4n) is 1.73. The highest BCUT2D eigenvalue weighted by atomic mass is 35.5. The Bertz CT molecular complexity index is 788. The number of nitrogens with one attached hydrogen (secondary N) is 1. The number of rotatable bonds is 3. The van der Waals surface area contributed by atoms with Gasteiger partial charge in [0.15, 0.2) is 0 Å². The van der Waals surface area contributed by atoms with Gasteiger partial charge in [0.1, 0.15) is 10.7 Å². The lowest BCUT2D eigenvalue weighted by Gasteiger charge is -2.12. The smallest absolute Gasteiger partial charge is 0.296 e. The molecule has 0 saturated heterocycles. The average molecular weight is 329 g/mol. The van der Waals surface area contributed by atoms with Crippen molar-refractivity contribution in [3.63, 3.8) is 0 Å². The third-order valence-electron chi connectivity index (χ3n) is 2.84. The highest BCUT2D eigenvalue weighted by molar-refractivity contribution is 7.86. The SMILES string of the molecule is Cc1nc(Cl)nc(Nc2cc(C)c(C)cc2S(=O)(=O)O)n1. The molecular weight excluding hydrogens is 316 g/mol. The fourth-order valence-corrected chi connectivity index (χ4v) is 2.64. The second kappa shape index (κ2) is 5.55. The molecule has 0 unspecified atom stereocenters. The molecule has 0 fully saturated rings. The largest absolute Gasteiger partial charge is 0.323 e. The van der Waals surface area contributed by atoms with Gasteiger partial charge in [-0.25, -0.2) is 4.98 Å². The summed E-state index contributed by atoms with van der Waals surface area (Å²) in [6.07, 6.45) is 0. The zero-order valence-electron chi connectivity index (χ0n) is 11.5. The van der Waals surface area contributed by atoms with E-state index in [0.717, 1.165) is 11.1 Å². The van der Waals surface area contributed by atoms with E-state index in [1.165, 1.54) is 6.07 Å². The maximum absolute atomic E-state index is 11.5. The Balaban J connectivity index is 2.55. The van der Waals surface area contributed by atoms with Gasteiger partial charge in [0.25, 0.3) is 10.1 Å². The summed E-state index contributed by atoms with van der Waals surface area (Å²) in [6.45, 7) is 5.19. The lowest BCUT2D eigenvalue weighted by atomic mass is 10.1. The Hall–Kier alpha value is -1.77. The van der Waals surface area contributed by atoms with Gasteiger partial charge in [-0.15, -0.1) is 0 Å². The second-order valence-electron chi connectivity index (χ2n) is 4.51. The molecular formula is C12H13ClN4O3S. The topological polar surface area (TPSA) is 105 Å². The van der Waals surface area contributed by atoms with Crippen LogP contribution in [0.2, 0.25) is 5.28 Å². The monoisotopic (exact) mass is 328 g/mol. The second-order valence-corrected chi connectivity index (χ2v) is 6.24. The maximum atomic E-state index is 11.5. The van der Waals surface area contributed by atoms with E-state index in [-0.39, 0.29) is 21.8 Å². The molecule has 0 atom stereocenters. The van der Waals surface area contributed by atoms with Crippen molar-refractivity contribution in [3.05, 3.63) is 34.4 Å². The molecule has 0 aliphatic rings. The van der Waals surface area contributed by atoms with E-state index in [2.05, 4.69) is 20.3 Å². The van der Waals surface area contributed by atoms with Gasteiger partial charge >= 0.3 is 0 Å². The lowest BCUT2D eigenvalue weighted by molar-refractivity contribution is 0.483. The Morgan fingerprint density at radius 2 is 1.71 bits per heavy atom. The molecule has 0 spiro atoms. The molecule has 21 heavy (non-hydrogen) atoms. The van der Waals surface area contributed by atoms with Crippen LogP contribution < -0.4 is 5.32 Å². The highest BCUT2D eigenvalue weighted by Gasteiger charge is 2.18. The number of benzene rings is 1. The van der Waals surface area contributed by atoms with Crippen LogP contribution in [0.5, 0.6) is 0 Å². The number of halogens is 1. The summed E-state index contributed by atoms with van der Waals surface area (Å²) in [5.41, 5.74) is 1.75. The Labute approximate surface area is 127 Å². The van der Waals surface area contributed by atoms with Gasteiger partial charge in [-0.2, -0.15) is 18.4 Å². The van der Waals surface area contributed by atoms with Crippen LogP contribution in [-0.2, 0) is 10.1 Å².